The number of carbonyl (C=O) groups is 1. The Hall–Kier alpha value is -0.650. The molecule has 0 rings (SSSR count). The van der Waals surface area contributed by atoms with Crippen LogP contribution in [0.2, 0.25) is 0 Å². The van der Waals surface area contributed by atoms with Crippen molar-refractivity contribution in [2.45, 2.75) is 32.4 Å². The largest absolute Gasteiger partial charge is 0.481 e. The normalized spacial score (nSPS) is 19.2. The van der Waals surface area contributed by atoms with Crippen LogP contribution >= 0.6 is 0 Å². The molecule has 0 aromatic rings. The summed E-state index contributed by atoms with van der Waals surface area (Å²) in [7, 11) is 3.77. The molecular weight excluding hydrogens is 208 g/mol. The van der Waals surface area contributed by atoms with Gasteiger partial charge in [0.25, 0.3) is 0 Å². The van der Waals surface area contributed by atoms with Crippen molar-refractivity contribution in [3.8, 4) is 0 Å². The first-order chi connectivity index (χ1) is 7.15. The van der Waals surface area contributed by atoms with Crippen molar-refractivity contribution < 1.29 is 15.0 Å². The molecule has 0 bridgehead atoms. The highest BCUT2D eigenvalue weighted by molar-refractivity contribution is 5.70. The van der Waals surface area contributed by atoms with Crippen molar-refractivity contribution >= 4 is 5.97 Å². The van der Waals surface area contributed by atoms with Gasteiger partial charge < -0.3 is 20.4 Å². The summed E-state index contributed by atoms with van der Waals surface area (Å²) in [5.41, 5.74) is -0.851. The first kappa shape index (κ1) is 15.3. The zero-order valence-corrected chi connectivity index (χ0v) is 10.8. The predicted molar refractivity (Wildman–Crippen MR) is 63.4 cm³/mol. The minimum Gasteiger partial charge on any atom is -0.481 e. The average Bonchev–Trinajstić information content (AvgIpc) is 2.10. The molecule has 0 spiro atoms. The Balaban J connectivity index is 4.08. The maximum absolute atomic E-state index is 10.7. The van der Waals surface area contributed by atoms with Crippen LogP contribution in [0.4, 0.5) is 0 Å². The van der Waals surface area contributed by atoms with E-state index in [-0.39, 0.29) is 6.04 Å². The number of likely N-dealkylation sites (N-methyl/N-ethyl adjacent to an activating group) is 1. The predicted octanol–water partition coefficient (Wildman–Crippen LogP) is -0.00220. The van der Waals surface area contributed by atoms with Crippen LogP contribution in [-0.4, -0.2) is 59.9 Å². The molecule has 0 fully saturated rings. The number of rotatable bonds is 7. The van der Waals surface area contributed by atoms with Crippen molar-refractivity contribution in [2.24, 2.45) is 5.92 Å². The van der Waals surface area contributed by atoms with Crippen LogP contribution in [0.15, 0.2) is 0 Å². The van der Waals surface area contributed by atoms with E-state index in [9.17, 15) is 9.90 Å². The van der Waals surface area contributed by atoms with Crippen LogP contribution in [0.5, 0.6) is 0 Å². The Labute approximate surface area is 97.4 Å². The summed E-state index contributed by atoms with van der Waals surface area (Å²) in [5, 5.41) is 21.9. The third kappa shape index (κ3) is 6.05. The van der Waals surface area contributed by atoms with E-state index in [4.69, 9.17) is 5.11 Å². The van der Waals surface area contributed by atoms with Gasteiger partial charge in [0.1, 0.15) is 0 Å². The molecule has 16 heavy (non-hydrogen) atoms. The van der Waals surface area contributed by atoms with Gasteiger partial charge in [0.2, 0.25) is 0 Å². The fraction of sp³-hybridized carbons (Fsp3) is 0.909. The van der Waals surface area contributed by atoms with Crippen LogP contribution in [0.1, 0.15) is 20.8 Å². The topological polar surface area (TPSA) is 72.8 Å². The molecule has 3 N–H and O–H groups in total. The molecule has 3 atom stereocenters. The third-order valence-electron chi connectivity index (χ3n) is 2.60. The van der Waals surface area contributed by atoms with Crippen molar-refractivity contribution in [1.29, 1.82) is 0 Å². The molecule has 0 saturated carbocycles. The zero-order chi connectivity index (χ0) is 12.9. The third-order valence-corrected chi connectivity index (χ3v) is 2.60. The van der Waals surface area contributed by atoms with Gasteiger partial charge in [-0.3, -0.25) is 4.79 Å². The summed E-state index contributed by atoms with van der Waals surface area (Å²) >= 11 is 0. The SMILES string of the molecule is CC(NCC(C)(O)CN(C)C)C(C)C(=O)O. The van der Waals surface area contributed by atoms with E-state index < -0.39 is 17.5 Å². The minimum absolute atomic E-state index is 0.161. The molecule has 0 aliphatic rings. The second kappa shape index (κ2) is 6.18. The van der Waals surface area contributed by atoms with Crippen molar-refractivity contribution in [1.82, 2.24) is 10.2 Å². The maximum Gasteiger partial charge on any atom is 0.307 e. The number of aliphatic hydroxyl groups is 1. The van der Waals surface area contributed by atoms with Crippen molar-refractivity contribution in [2.75, 3.05) is 27.2 Å². The lowest BCUT2D eigenvalue weighted by molar-refractivity contribution is -0.142. The van der Waals surface area contributed by atoms with Gasteiger partial charge in [0.05, 0.1) is 11.5 Å². The summed E-state index contributed by atoms with van der Waals surface area (Å²) in [6.07, 6.45) is 0. The fourth-order valence-corrected chi connectivity index (χ4v) is 1.51. The lowest BCUT2D eigenvalue weighted by Crippen LogP contribution is -2.49. The van der Waals surface area contributed by atoms with Crippen LogP contribution in [-0.2, 0) is 4.79 Å². The van der Waals surface area contributed by atoms with Crippen LogP contribution in [0.3, 0.4) is 0 Å². The zero-order valence-electron chi connectivity index (χ0n) is 10.8. The van der Waals surface area contributed by atoms with Gasteiger partial charge in [0, 0.05) is 19.1 Å². The standard InChI is InChI=1S/C11H24N2O3/c1-8(10(14)15)9(2)12-6-11(3,16)7-13(4)5/h8-9,12,16H,6-7H2,1-5H3,(H,14,15). The Morgan fingerprint density at radius 2 is 1.94 bits per heavy atom. The number of aliphatic carboxylic acids is 1. The Bertz CT molecular complexity index is 229. The number of nitrogens with zero attached hydrogens (tertiary/aromatic N) is 1. The molecule has 3 unspecified atom stereocenters. The van der Waals surface area contributed by atoms with Crippen LogP contribution < -0.4 is 5.32 Å². The van der Waals surface area contributed by atoms with Gasteiger partial charge in [-0.15, -0.1) is 0 Å². The highest BCUT2D eigenvalue weighted by Gasteiger charge is 2.25. The van der Waals surface area contributed by atoms with E-state index in [0.29, 0.717) is 13.1 Å². The molecule has 0 aromatic carbocycles. The number of hydrogen-bond donors (Lipinski definition) is 3. The highest BCUT2D eigenvalue weighted by Crippen LogP contribution is 2.06. The van der Waals surface area contributed by atoms with E-state index in [1.54, 1.807) is 13.8 Å². The molecule has 0 radical (unpaired) electrons. The molecule has 0 aliphatic carbocycles. The molecule has 0 aliphatic heterocycles. The first-order valence-electron chi connectivity index (χ1n) is 5.49. The molecule has 0 heterocycles. The molecule has 0 aromatic heterocycles. The summed E-state index contributed by atoms with van der Waals surface area (Å²) < 4.78 is 0. The van der Waals surface area contributed by atoms with E-state index in [1.807, 2.05) is 25.9 Å². The van der Waals surface area contributed by atoms with Crippen molar-refractivity contribution in [3.05, 3.63) is 0 Å². The molecule has 0 saturated heterocycles. The number of nitrogens with one attached hydrogen (secondary N) is 1. The summed E-state index contributed by atoms with van der Waals surface area (Å²) in [6.45, 7) is 6.11. The van der Waals surface area contributed by atoms with E-state index in [1.165, 1.54) is 0 Å². The van der Waals surface area contributed by atoms with Crippen LogP contribution in [0.25, 0.3) is 0 Å². The van der Waals surface area contributed by atoms with E-state index in [2.05, 4.69) is 5.32 Å². The summed E-state index contributed by atoms with van der Waals surface area (Å²) in [4.78, 5) is 12.6. The monoisotopic (exact) mass is 232 g/mol. The molecule has 0 amide bonds. The lowest BCUT2D eigenvalue weighted by Gasteiger charge is -2.29. The molecule has 5 nitrogen and oxygen atoms in total. The second-order valence-corrected chi connectivity index (χ2v) is 5.03. The quantitative estimate of drug-likeness (QED) is 0.576. The van der Waals surface area contributed by atoms with Gasteiger partial charge in [-0.2, -0.15) is 0 Å². The van der Waals surface area contributed by atoms with E-state index in [0.717, 1.165) is 0 Å². The van der Waals surface area contributed by atoms with E-state index >= 15 is 0 Å². The van der Waals surface area contributed by atoms with Gasteiger partial charge in [-0.05, 0) is 27.9 Å². The van der Waals surface area contributed by atoms with Gasteiger partial charge in [-0.25, -0.2) is 0 Å². The summed E-state index contributed by atoms with van der Waals surface area (Å²) in [5.74, 6) is -1.29. The van der Waals surface area contributed by atoms with Gasteiger partial charge in [0.15, 0.2) is 0 Å². The summed E-state index contributed by atoms with van der Waals surface area (Å²) in [6, 6.07) is -0.161. The Morgan fingerprint density at radius 3 is 2.31 bits per heavy atom. The number of hydrogen-bond acceptors (Lipinski definition) is 4. The maximum atomic E-state index is 10.7. The Kier molecular flexibility index (Phi) is 5.92. The molecular formula is C11H24N2O3. The second-order valence-electron chi connectivity index (χ2n) is 5.03. The Morgan fingerprint density at radius 1 is 1.44 bits per heavy atom. The molecule has 5 heteroatoms. The average molecular weight is 232 g/mol. The lowest BCUT2D eigenvalue weighted by atomic mass is 10.0. The fourth-order valence-electron chi connectivity index (χ4n) is 1.51. The molecule has 96 valence electrons. The number of carboxylic acids is 1. The smallest absolute Gasteiger partial charge is 0.307 e. The van der Waals surface area contributed by atoms with Gasteiger partial charge in [-0.1, -0.05) is 6.92 Å². The number of carboxylic acid groups (broad SMARTS) is 1. The van der Waals surface area contributed by atoms with Gasteiger partial charge >= 0.3 is 5.97 Å². The highest BCUT2D eigenvalue weighted by atomic mass is 16.4. The minimum atomic E-state index is -0.851. The van der Waals surface area contributed by atoms with Crippen LogP contribution in [0, 0.1) is 5.92 Å². The van der Waals surface area contributed by atoms with Crippen molar-refractivity contribution in [3.63, 3.8) is 0 Å². The first-order valence-corrected chi connectivity index (χ1v) is 5.49.